The van der Waals surface area contributed by atoms with E-state index in [1.807, 2.05) is 36.4 Å². The molecule has 0 heterocycles. The van der Waals surface area contributed by atoms with Crippen LogP contribution in [0.15, 0.2) is 84.9 Å². The molecule has 0 spiro atoms. The molecule has 34 heavy (non-hydrogen) atoms. The summed E-state index contributed by atoms with van der Waals surface area (Å²) in [5.74, 6) is -1.56. The van der Waals surface area contributed by atoms with Gasteiger partial charge in [-0.3, -0.25) is 19.2 Å². The highest BCUT2D eigenvalue weighted by Crippen LogP contribution is 2.19. The van der Waals surface area contributed by atoms with Crippen LogP contribution in [0.4, 0.5) is 5.69 Å². The second-order valence-corrected chi connectivity index (χ2v) is 7.39. The van der Waals surface area contributed by atoms with Crippen molar-refractivity contribution in [1.29, 1.82) is 0 Å². The van der Waals surface area contributed by atoms with Crippen LogP contribution >= 0.6 is 0 Å². The number of benzene rings is 3. The fourth-order valence-electron chi connectivity index (χ4n) is 3.20. The number of hydrogen-bond acceptors (Lipinski definition) is 5. The molecule has 3 rings (SSSR count). The average molecular weight is 460 g/mol. The fourth-order valence-corrected chi connectivity index (χ4v) is 3.20. The predicted molar refractivity (Wildman–Crippen MR) is 127 cm³/mol. The maximum atomic E-state index is 12.8. The normalized spacial score (nSPS) is 11.1. The fraction of sp³-hybridized carbons (Fsp3) is 0.154. The Morgan fingerprint density at radius 2 is 1.35 bits per heavy atom. The number of methoxy groups -OCH3 is 1. The molecule has 0 saturated heterocycles. The van der Waals surface area contributed by atoms with Gasteiger partial charge < -0.3 is 20.7 Å². The first kappa shape index (κ1) is 24.2. The largest absolute Gasteiger partial charge is 0.468 e. The Balaban J connectivity index is 1.63. The molecular weight excluding hydrogens is 434 g/mol. The van der Waals surface area contributed by atoms with E-state index in [0.717, 1.165) is 5.56 Å². The molecule has 174 valence electrons. The molecule has 0 aliphatic heterocycles. The molecule has 8 heteroatoms. The number of hydrogen-bond donors (Lipinski definition) is 3. The molecule has 0 aliphatic rings. The molecule has 0 bridgehead atoms. The third kappa shape index (κ3) is 7.03. The van der Waals surface area contributed by atoms with Crippen molar-refractivity contribution in [3.63, 3.8) is 0 Å². The van der Waals surface area contributed by atoms with Crippen molar-refractivity contribution in [3.8, 4) is 0 Å². The van der Waals surface area contributed by atoms with Crippen molar-refractivity contribution >= 4 is 29.4 Å². The first-order valence-electron chi connectivity index (χ1n) is 10.6. The summed E-state index contributed by atoms with van der Waals surface area (Å²) in [6.07, 6.45) is 0.0178. The number of esters is 1. The third-order valence-electron chi connectivity index (χ3n) is 4.98. The zero-order valence-corrected chi connectivity index (χ0v) is 18.6. The standard InChI is InChI=1S/C26H25N3O5/c1-34-24(31)17-27-25(32)20-12-14-21(15-13-20)28-23(30)16-22(18-8-4-2-5-9-18)29-26(33)19-10-6-3-7-11-19/h2-15,22H,16-17H2,1H3,(H,27,32)(H,28,30)(H,29,33). The number of carbonyl (C=O) groups excluding carboxylic acids is 4. The summed E-state index contributed by atoms with van der Waals surface area (Å²) in [6.45, 7) is -0.233. The van der Waals surface area contributed by atoms with E-state index in [1.54, 1.807) is 36.4 Å². The molecule has 3 N–H and O–H groups in total. The van der Waals surface area contributed by atoms with E-state index >= 15 is 0 Å². The lowest BCUT2D eigenvalue weighted by Gasteiger charge is -2.19. The Kier molecular flexibility index (Phi) is 8.51. The van der Waals surface area contributed by atoms with Gasteiger partial charge in [0.15, 0.2) is 0 Å². The highest BCUT2D eigenvalue weighted by atomic mass is 16.5. The van der Waals surface area contributed by atoms with Crippen LogP contribution < -0.4 is 16.0 Å². The van der Waals surface area contributed by atoms with Gasteiger partial charge in [-0.25, -0.2) is 0 Å². The van der Waals surface area contributed by atoms with Gasteiger partial charge in [0.25, 0.3) is 11.8 Å². The van der Waals surface area contributed by atoms with Crippen molar-refractivity contribution in [2.75, 3.05) is 19.0 Å². The van der Waals surface area contributed by atoms with Crippen molar-refractivity contribution in [3.05, 3.63) is 102 Å². The highest BCUT2D eigenvalue weighted by molar-refractivity contribution is 5.98. The highest BCUT2D eigenvalue weighted by Gasteiger charge is 2.19. The van der Waals surface area contributed by atoms with Gasteiger partial charge in [-0.1, -0.05) is 48.5 Å². The quantitative estimate of drug-likeness (QED) is 0.426. The lowest BCUT2D eigenvalue weighted by atomic mass is 10.0. The Bertz CT molecular complexity index is 1130. The molecule has 0 fully saturated rings. The summed E-state index contributed by atoms with van der Waals surface area (Å²) in [5.41, 5.74) is 2.14. The van der Waals surface area contributed by atoms with Gasteiger partial charge in [0.2, 0.25) is 5.91 Å². The number of anilines is 1. The van der Waals surface area contributed by atoms with E-state index in [1.165, 1.54) is 19.2 Å². The second-order valence-electron chi connectivity index (χ2n) is 7.39. The minimum Gasteiger partial charge on any atom is -0.468 e. The first-order chi connectivity index (χ1) is 16.5. The minimum absolute atomic E-state index is 0.0178. The van der Waals surface area contributed by atoms with Crippen LogP contribution in [0, 0.1) is 0 Å². The molecule has 3 amide bonds. The summed E-state index contributed by atoms with van der Waals surface area (Å²) in [4.78, 5) is 48.6. The molecule has 3 aromatic carbocycles. The van der Waals surface area contributed by atoms with Gasteiger partial charge in [-0.15, -0.1) is 0 Å². The first-order valence-corrected chi connectivity index (χ1v) is 10.6. The number of ether oxygens (including phenoxy) is 1. The molecule has 1 atom stereocenters. The van der Waals surface area contributed by atoms with E-state index in [9.17, 15) is 19.2 Å². The van der Waals surface area contributed by atoms with Crippen LogP contribution in [0.1, 0.15) is 38.7 Å². The molecule has 0 aliphatic carbocycles. The zero-order chi connectivity index (χ0) is 24.3. The topological polar surface area (TPSA) is 114 Å². The van der Waals surface area contributed by atoms with Gasteiger partial charge in [-0.05, 0) is 42.0 Å². The Hall–Kier alpha value is -4.46. The Morgan fingerprint density at radius 1 is 0.765 bits per heavy atom. The summed E-state index contributed by atoms with van der Waals surface area (Å²) in [5, 5.41) is 8.16. The van der Waals surface area contributed by atoms with Crippen LogP contribution in [-0.4, -0.2) is 37.3 Å². The van der Waals surface area contributed by atoms with Crippen molar-refractivity contribution in [2.24, 2.45) is 0 Å². The molecule has 3 aromatic rings. The van der Waals surface area contributed by atoms with Gasteiger partial charge in [0, 0.05) is 16.8 Å². The van der Waals surface area contributed by atoms with Gasteiger partial charge >= 0.3 is 5.97 Å². The van der Waals surface area contributed by atoms with Gasteiger partial charge in [0.05, 0.1) is 19.6 Å². The zero-order valence-electron chi connectivity index (χ0n) is 18.6. The van der Waals surface area contributed by atoms with Crippen LogP contribution in [0.2, 0.25) is 0 Å². The van der Waals surface area contributed by atoms with Crippen molar-refractivity contribution in [2.45, 2.75) is 12.5 Å². The third-order valence-corrected chi connectivity index (χ3v) is 4.98. The van der Waals surface area contributed by atoms with E-state index in [4.69, 9.17) is 0 Å². The second kappa shape index (κ2) is 12.0. The number of rotatable bonds is 9. The lowest BCUT2D eigenvalue weighted by molar-refractivity contribution is -0.139. The monoisotopic (exact) mass is 459 g/mol. The van der Waals surface area contributed by atoms with Gasteiger partial charge in [0.1, 0.15) is 6.54 Å². The van der Waals surface area contributed by atoms with Crippen molar-refractivity contribution < 1.29 is 23.9 Å². The SMILES string of the molecule is COC(=O)CNC(=O)c1ccc(NC(=O)CC(NC(=O)c2ccccc2)c2ccccc2)cc1. The van der Waals surface area contributed by atoms with E-state index in [2.05, 4.69) is 20.7 Å². The number of carbonyl (C=O) groups is 4. The smallest absolute Gasteiger partial charge is 0.325 e. The molecular formula is C26H25N3O5. The van der Waals surface area contributed by atoms with Crippen LogP contribution in [0.25, 0.3) is 0 Å². The predicted octanol–water partition coefficient (Wildman–Crippen LogP) is 3.09. The molecule has 0 aromatic heterocycles. The van der Waals surface area contributed by atoms with E-state index in [-0.39, 0.29) is 24.8 Å². The summed E-state index contributed by atoms with van der Waals surface area (Å²) in [7, 11) is 1.24. The summed E-state index contributed by atoms with van der Waals surface area (Å²) >= 11 is 0. The maximum Gasteiger partial charge on any atom is 0.325 e. The summed E-state index contributed by atoms with van der Waals surface area (Å²) in [6, 6.07) is 23.8. The molecule has 1 unspecified atom stereocenters. The Labute approximate surface area is 197 Å². The van der Waals surface area contributed by atoms with E-state index < -0.39 is 17.9 Å². The molecule has 0 saturated carbocycles. The summed E-state index contributed by atoms with van der Waals surface area (Å²) < 4.78 is 4.48. The van der Waals surface area contributed by atoms with Crippen molar-refractivity contribution in [1.82, 2.24) is 10.6 Å². The number of amides is 3. The minimum atomic E-state index is -0.551. The molecule has 0 radical (unpaired) electrons. The maximum absolute atomic E-state index is 12.8. The molecule has 8 nitrogen and oxygen atoms in total. The van der Waals surface area contributed by atoms with Crippen LogP contribution in [-0.2, 0) is 14.3 Å². The average Bonchev–Trinajstić information content (AvgIpc) is 2.88. The Morgan fingerprint density at radius 3 is 1.97 bits per heavy atom. The number of nitrogens with one attached hydrogen (secondary N) is 3. The lowest BCUT2D eigenvalue weighted by Crippen LogP contribution is -2.31. The van der Waals surface area contributed by atoms with Gasteiger partial charge in [-0.2, -0.15) is 0 Å². The van der Waals surface area contributed by atoms with Crippen LogP contribution in [0.5, 0.6) is 0 Å². The van der Waals surface area contributed by atoms with Crippen LogP contribution in [0.3, 0.4) is 0 Å². The van der Waals surface area contributed by atoms with E-state index in [0.29, 0.717) is 16.8 Å².